The smallest absolute Gasteiger partial charge is 0.186 e. The summed E-state index contributed by atoms with van der Waals surface area (Å²) in [5, 5.41) is 42.9. The zero-order valence-electron chi connectivity index (χ0n) is 27.6. The van der Waals surface area contributed by atoms with Gasteiger partial charge in [-0.15, -0.1) is 0 Å². The fourth-order valence-corrected chi connectivity index (χ4v) is 11.9. The van der Waals surface area contributed by atoms with Crippen molar-refractivity contribution in [2.24, 2.45) is 57.2 Å². The minimum Gasteiger partial charge on any atom is -0.388 e. The third-order valence-corrected chi connectivity index (χ3v) is 15.2. The first-order valence-corrected chi connectivity index (χ1v) is 16.9. The van der Waals surface area contributed by atoms with Crippen molar-refractivity contribution in [3.63, 3.8) is 0 Å². The van der Waals surface area contributed by atoms with E-state index >= 15 is 0 Å². The summed E-state index contributed by atoms with van der Waals surface area (Å²) in [6.07, 6.45) is 6.81. The van der Waals surface area contributed by atoms with Gasteiger partial charge in [-0.1, -0.05) is 67.5 Å². The van der Waals surface area contributed by atoms with Crippen LogP contribution < -0.4 is 0 Å². The molecule has 0 radical (unpaired) electrons. The molecule has 6 rings (SSSR count). The van der Waals surface area contributed by atoms with Crippen LogP contribution in [0.1, 0.15) is 101 Å². The van der Waals surface area contributed by atoms with Crippen molar-refractivity contribution in [1.82, 2.24) is 0 Å². The van der Waals surface area contributed by atoms with Gasteiger partial charge < -0.3 is 29.9 Å². The van der Waals surface area contributed by atoms with Crippen LogP contribution in [0.2, 0.25) is 0 Å². The molecule has 4 fully saturated rings. The number of hydrogen-bond acceptors (Lipinski definition) is 6. The first-order valence-electron chi connectivity index (χ1n) is 16.9. The van der Waals surface area contributed by atoms with Crippen molar-refractivity contribution in [3.05, 3.63) is 23.3 Å². The van der Waals surface area contributed by atoms with Gasteiger partial charge in [-0.3, -0.25) is 0 Å². The topological polar surface area (TPSA) is 99.4 Å². The van der Waals surface area contributed by atoms with Crippen molar-refractivity contribution in [1.29, 1.82) is 0 Å². The Morgan fingerprint density at radius 2 is 1.55 bits per heavy atom. The molecule has 42 heavy (non-hydrogen) atoms. The summed E-state index contributed by atoms with van der Waals surface area (Å²) in [4.78, 5) is 0. The molecule has 6 aliphatic rings. The number of fused-ring (bicyclic) bond motifs is 6. The molecule has 4 unspecified atom stereocenters. The molecule has 1 saturated heterocycles. The van der Waals surface area contributed by atoms with Crippen LogP contribution in [0.3, 0.4) is 0 Å². The van der Waals surface area contributed by atoms with Crippen LogP contribution >= 0.6 is 0 Å². The lowest BCUT2D eigenvalue weighted by Crippen LogP contribution is -2.64. The van der Waals surface area contributed by atoms with Crippen LogP contribution in [-0.4, -0.2) is 63.3 Å². The fourth-order valence-electron chi connectivity index (χ4n) is 11.9. The number of aliphatic hydroxyl groups excluding tert-OH is 3. The molecule has 0 aromatic carbocycles. The Balaban J connectivity index is 1.34. The quantitative estimate of drug-likeness (QED) is 0.313. The van der Waals surface area contributed by atoms with E-state index in [2.05, 4.69) is 74.5 Å². The second-order valence-electron chi connectivity index (χ2n) is 17.0. The van der Waals surface area contributed by atoms with Crippen molar-refractivity contribution in [2.45, 2.75) is 137 Å². The summed E-state index contributed by atoms with van der Waals surface area (Å²) in [6, 6.07) is 0. The van der Waals surface area contributed by atoms with Gasteiger partial charge in [0.05, 0.1) is 18.3 Å². The van der Waals surface area contributed by atoms with E-state index in [0.29, 0.717) is 29.6 Å². The summed E-state index contributed by atoms with van der Waals surface area (Å²) in [6.45, 7) is 21.3. The van der Waals surface area contributed by atoms with E-state index < -0.39 is 30.2 Å². The molecule has 0 amide bonds. The maximum atomic E-state index is 12.1. The monoisotopic (exact) mass is 586 g/mol. The Morgan fingerprint density at radius 1 is 0.857 bits per heavy atom. The van der Waals surface area contributed by atoms with Gasteiger partial charge in [-0.2, -0.15) is 0 Å². The van der Waals surface area contributed by atoms with E-state index in [9.17, 15) is 20.4 Å². The van der Waals surface area contributed by atoms with E-state index in [0.717, 1.165) is 32.1 Å². The number of allylic oxidation sites excluding steroid dienone is 3. The molecule has 0 bridgehead atoms. The van der Waals surface area contributed by atoms with E-state index in [4.69, 9.17) is 9.47 Å². The van der Waals surface area contributed by atoms with Crippen LogP contribution in [0.5, 0.6) is 0 Å². The summed E-state index contributed by atoms with van der Waals surface area (Å²) >= 11 is 0. The van der Waals surface area contributed by atoms with Crippen molar-refractivity contribution in [2.75, 3.05) is 6.61 Å². The van der Waals surface area contributed by atoms with Crippen LogP contribution in [-0.2, 0) is 9.47 Å². The van der Waals surface area contributed by atoms with Crippen LogP contribution in [0.15, 0.2) is 23.3 Å². The zero-order valence-corrected chi connectivity index (χ0v) is 27.6. The first-order chi connectivity index (χ1) is 19.4. The van der Waals surface area contributed by atoms with E-state index in [1.807, 2.05) is 0 Å². The molecule has 0 spiro atoms. The number of aliphatic hydroxyl groups is 4. The molecule has 15 atom stereocenters. The lowest BCUT2D eigenvalue weighted by Gasteiger charge is -2.69. The molecule has 6 nitrogen and oxygen atoms in total. The van der Waals surface area contributed by atoms with Gasteiger partial charge in [0.15, 0.2) is 6.29 Å². The van der Waals surface area contributed by atoms with Crippen LogP contribution in [0.4, 0.5) is 0 Å². The zero-order chi connectivity index (χ0) is 30.8. The molecule has 0 aromatic rings. The summed E-state index contributed by atoms with van der Waals surface area (Å²) < 4.78 is 12.1. The lowest BCUT2D eigenvalue weighted by atomic mass is 9.35. The molecule has 4 N–H and O–H groups in total. The molecule has 3 saturated carbocycles. The van der Waals surface area contributed by atoms with Crippen molar-refractivity contribution >= 4 is 0 Å². The molecule has 5 aliphatic carbocycles. The highest BCUT2D eigenvalue weighted by molar-refractivity contribution is 5.47. The Bertz CT molecular complexity index is 1140. The van der Waals surface area contributed by atoms with Gasteiger partial charge in [0.25, 0.3) is 0 Å². The minimum absolute atomic E-state index is 0.0186. The van der Waals surface area contributed by atoms with Gasteiger partial charge in [-0.25, -0.2) is 0 Å². The number of ether oxygens (including phenoxy) is 2. The van der Waals surface area contributed by atoms with Gasteiger partial charge >= 0.3 is 0 Å². The third-order valence-electron chi connectivity index (χ3n) is 15.2. The van der Waals surface area contributed by atoms with E-state index in [1.54, 1.807) is 0 Å². The SMILES string of the molecule is C[C@@H]1[C@@H](C)[C@@](C)(O)C2=C3C=CC4[C@@]5(C)CCC(O[C@@H]6OC[C@H](O)[C@H](O)[C@H]6O)C(C)(C)C5CC[C@@]4(C)[C@]3(C)CCC2[C@@H]1C. The molecule has 0 aromatic heterocycles. The average molecular weight is 587 g/mol. The fraction of sp³-hybridized carbons (Fsp3) is 0.889. The predicted octanol–water partition coefficient (Wildman–Crippen LogP) is 5.63. The van der Waals surface area contributed by atoms with Gasteiger partial charge in [0.2, 0.25) is 0 Å². The normalized spacial score (nSPS) is 57.1. The highest BCUT2D eigenvalue weighted by Crippen LogP contribution is 2.73. The minimum atomic E-state index is -1.26. The standard InChI is InChI=1S/C36H58O6/c1-19-20(2)22-12-16-34(7)23(28(22)36(9,40)21(19)3)10-11-26-33(6)15-14-27(32(4,5)25(33)13-17-35(26,34)8)42-31-30(39)29(38)24(37)18-41-31/h10-11,19-22,24-27,29-31,37-40H,12-18H2,1-9H3/t19-,20+,21+,22?,24-,25?,26?,27?,29-,30+,31-,33-,34+,35+,36+/m0/s1. The van der Waals surface area contributed by atoms with E-state index in [-0.39, 0.29) is 40.3 Å². The summed E-state index contributed by atoms with van der Waals surface area (Å²) in [5.41, 5.74) is 2.05. The van der Waals surface area contributed by atoms with Gasteiger partial charge in [0, 0.05) is 0 Å². The molecular formula is C36H58O6. The van der Waals surface area contributed by atoms with Crippen molar-refractivity contribution in [3.8, 4) is 0 Å². The molecule has 1 heterocycles. The second-order valence-corrected chi connectivity index (χ2v) is 17.0. The molecule has 1 aliphatic heterocycles. The second kappa shape index (κ2) is 9.87. The highest BCUT2D eigenvalue weighted by Gasteiger charge is 2.67. The largest absolute Gasteiger partial charge is 0.388 e. The number of hydrogen-bond donors (Lipinski definition) is 4. The van der Waals surface area contributed by atoms with Gasteiger partial charge in [-0.05, 0) is 114 Å². The first kappa shape index (κ1) is 31.2. The molecular weight excluding hydrogens is 528 g/mol. The molecule has 238 valence electrons. The predicted molar refractivity (Wildman–Crippen MR) is 163 cm³/mol. The lowest BCUT2D eigenvalue weighted by molar-refractivity contribution is -0.306. The maximum Gasteiger partial charge on any atom is 0.186 e. The van der Waals surface area contributed by atoms with Crippen LogP contribution in [0.25, 0.3) is 0 Å². The summed E-state index contributed by atoms with van der Waals surface area (Å²) in [5.74, 6) is 2.60. The summed E-state index contributed by atoms with van der Waals surface area (Å²) in [7, 11) is 0. The van der Waals surface area contributed by atoms with Gasteiger partial charge in [0.1, 0.15) is 18.3 Å². The third kappa shape index (κ3) is 3.97. The van der Waals surface area contributed by atoms with Crippen LogP contribution in [0, 0.1) is 57.2 Å². The highest BCUT2D eigenvalue weighted by atomic mass is 16.7. The average Bonchev–Trinajstić information content (AvgIpc) is 2.92. The number of rotatable bonds is 2. The Labute approximate surface area is 254 Å². The maximum absolute atomic E-state index is 12.1. The van der Waals surface area contributed by atoms with Crippen molar-refractivity contribution < 1.29 is 29.9 Å². The Kier molecular flexibility index (Phi) is 7.34. The Morgan fingerprint density at radius 3 is 2.24 bits per heavy atom. The molecule has 6 heteroatoms. The van der Waals surface area contributed by atoms with E-state index in [1.165, 1.54) is 17.6 Å². The Hall–Kier alpha value is -0.760.